The molecular weight excluding hydrogens is 236 g/mol. The first-order valence-corrected chi connectivity index (χ1v) is 6.70. The summed E-state index contributed by atoms with van der Waals surface area (Å²) in [6.45, 7) is 8.51. The molecule has 5 heteroatoms. The summed E-state index contributed by atoms with van der Waals surface area (Å²) in [5.74, 6) is -0.316. The smallest absolute Gasteiger partial charge is 0.320 e. The molecule has 0 amide bonds. The summed E-state index contributed by atoms with van der Waals surface area (Å²) in [5.41, 5.74) is 0.922. The van der Waals surface area contributed by atoms with Crippen molar-refractivity contribution in [1.82, 2.24) is 10.3 Å². The first kappa shape index (κ1) is 14.1. The Labute approximate surface area is 106 Å². The monoisotopic (exact) mass is 256 g/mol. The average Bonchev–Trinajstić information content (AvgIpc) is 2.65. The third-order valence-corrected chi connectivity index (χ3v) is 3.69. The Balaban J connectivity index is 2.56. The van der Waals surface area contributed by atoms with Crippen LogP contribution in [0.2, 0.25) is 0 Å². The fraction of sp³-hybridized carbons (Fsp3) is 0.667. The maximum atomic E-state index is 11.0. The van der Waals surface area contributed by atoms with Crippen molar-refractivity contribution in [2.24, 2.45) is 5.92 Å². The van der Waals surface area contributed by atoms with E-state index in [-0.39, 0.29) is 5.92 Å². The van der Waals surface area contributed by atoms with Crippen LogP contribution in [-0.4, -0.2) is 22.1 Å². The molecule has 0 aliphatic rings. The largest absolute Gasteiger partial charge is 0.480 e. The summed E-state index contributed by atoms with van der Waals surface area (Å²) in [6, 6.07) is -0.515. The lowest BCUT2D eigenvalue weighted by Gasteiger charge is -2.16. The van der Waals surface area contributed by atoms with E-state index in [9.17, 15) is 4.79 Å². The maximum Gasteiger partial charge on any atom is 0.320 e. The van der Waals surface area contributed by atoms with Gasteiger partial charge in [-0.25, -0.2) is 4.98 Å². The number of carbonyl (C=O) groups is 1. The molecule has 1 unspecified atom stereocenters. The predicted octanol–water partition coefficient (Wildman–Crippen LogP) is 2.47. The highest BCUT2D eigenvalue weighted by molar-refractivity contribution is 7.09. The Bertz CT molecular complexity index is 374. The maximum absolute atomic E-state index is 11.0. The van der Waals surface area contributed by atoms with Crippen LogP contribution in [0.4, 0.5) is 0 Å². The standard InChI is InChI=1S/C12H20N2O2S/c1-7(2)10(12(15)16)13-5-9-6-17-11(14-9)8(3)4/h6-8,10,13H,5H2,1-4H3,(H,15,16). The summed E-state index contributed by atoms with van der Waals surface area (Å²) in [7, 11) is 0. The molecule has 0 saturated carbocycles. The van der Waals surface area contributed by atoms with E-state index in [0.717, 1.165) is 10.7 Å². The number of carboxylic acids is 1. The van der Waals surface area contributed by atoms with Crippen LogP contribution in [0.5, 0.6) is 0 Å². The second-order valence-electron chi connectivity index (χ2n) is 4.77. The molecule has 0 bridgehead atoms. The zero-order valence-corrected chi connectivity index (χ0v) is 11.5. The van der Waals surface area contributed by atoms with Crippen molar-refractivity contribution in [2.75, 3.05) is 0 Å². The Morgan fingerprint density at radius 1 is 1.47 bits per heavy atom. The minimum atomic E-state index is -0.806. The fourth-order valence-electron chi connectivity index (χ4n) is 1.49. The molecule has 1 atom stereocenters. The van der Waals surface area contributed by atoms with Gasteiger partial charge in [-0.05, 0) is 5.92 Å². The highest BCUT2D eigenvalue weighted by Gasteiger charge is 2.20. The van der Waals surface area contributed by atoms with E-state index < -0.39 is 12.0 Å². The van der Waals surface area contributed by atoms with Gasteiger partial charge in [0, 0.05) is 17.8 Å². The first-order chi connectivity index (χ1) is 7.91. The van der Waals surface area contributed by atoms with Gasteiger partial charge in [-0.15, -0.1) is 11.3 Å². The van der Waals surface area contributed by atoms with Crippen LogP contribution < -0.4 is 5.32 Å². The lowest BCUT2D eigenvalue weighted by Crippen LogP contribution is -2.40. The molecule has 0 spiro atoms. The minimum absolute atomic E-state index is 0.0655. The summed E-state index contributed by atoms with van der Waals surface area (Å²) < 4.78 is 0. The van der Waals surface area contributed by atoms with Crippen molar-refractivity contribution in [3.05, 3.63) is 16.1 Å². The van der Waals surface area contributed by atoms with E-state index in [1.54, 1.807) is 11.3 Å². The van der Waals surface area contributed by atoms with Gasteiger partial charge in [-0.2, -0.15) is 0 Å². The van der Waals surface area contributed by atoms with E-state index in [1.165, 1.54) is 0 Å². The van der Waals surface area contributed by atoms with Gasteiger partial charge in [0.15, 0.2) is 0 Å². The van der Waals surface area contributed by atoms with Crippen LogP contribution in [-0.2, 0) is 11.3 Å². The molecule has 4 nitrogen and oxygen atoms in total. The summed E-state index contributed by atoms with van der Waals surface area (Å²) in [5, 5.41) is 15.1. The van der Waals surface area contributed by atoms with Gasteiger partial charge >= 0.3 is 5.97 Å². The fourth-order valence-corrected chi connectivity index (χ4v) is 2.33. The topological polar surface area (TPSA) is 62.2 Å². The number of aromatic nitrogens is 1. The second-order valence-corrected chi connectivity index (χ2v) is 5.66. The lowest BCUT2D eigenvalue weighted by molar-refractivity contribution is -0.140. The van der Waals surface area contributed by atoms with E-state index in [2.05, 4.69) is 24.1 Å². The van der Waals surface area contributed by atoms with Gasteiger partial charge in [0.05, 0.1) is 10.7 Å². The molecular formula is C12H20N2O2S. The zero-order chi connectivity index (χ0) is 13.0. The molecule has 17 heavy (non-hydrogen) atoms. The molecule has 1 rings (SSSR count). The van der Waals surface area contributed by atoms with Crippen LogP contribution >= 0.6 is 11.3 Å². The molecule has 1 heterocycles. The minimum Gasteiger partial charge on any atom is -0.480 e. The van der Waals surface area contributed by atoms with Gasteiger partial charge in [-0.3, -0.25) is 10.1 Å². The highest BCUT2D eigenvalue weighted by Crippen LogP contribution is 2.19. The van der Waals surface area contributed by atoms with Gasteiger partial charge < -0.3 is 5.11 Å². The third-order valence-electron chi connectivity index (χ3n) is 2.50. The Kier molecular flexibility index (Phi) is 5.08. The molecule has 96 valence electrons. The van der Waals surface area contributed by atoms with Crippen LogP contribution in [0.15, 0.2) is 5.38 Å². The number of carboxylic acid groups (broad SMARTS) is 1. The number of hydrogen-bond acceptors (Lipinski definition) is 4. The van der Waals surface area contributed by atoms with E-state index in [1.807, 2.05) is 19.2 Å². The molecule has 2 N–H and O–H groups in total. The Hall–Kier alpha value is -0.940. The van der Waals surface area contributed by atoms with Crippen molar-refractivity contribution in [3.8, 4) is 0 Å². The van der Waals surface area contributed by atoms with Crippen molar-refractivity contribution < 1.29 is 9.90 Å². The lowest BCUT2D eigenvalue weighted by atomic mass is 10.1. The predicted molar refractivity (Wildman–Crippen MR) is 69.3 cm³/mol. The van der Waals surface area contributed by atoms with Crippen LogP contribution in [0.1, 0.15) is 44.3 Å². The molecule has 0 radical (unpaired) electrons. The quantitative estimate of drug-likeness (QED) is 0.820. The summed E-state index contributed by atoms with van der Waals surface area (Å²) >= 11 is 1.63. The van der Waals surface area contributed by atoms with E-state index in [4.69, 9.17) is 5.11 Å². The first-order valence-electron chi connectivity index (χ1n) is 5.82. The number of thiazole rings is 1. The molecule has 1 aromatic heterocycles. The van der Waals surface area contributed by atoms with Crippen LogP contribution in [0.25, 0.3) is 0 Å². The number of nitrogens with zero attached hydrogens (tertiary/aromatic N) is 1. The van der Waals surface area contributed by atoms with Gasteiger partial charge in [0.25, 0.3) is 0 Å². The Morgan fingerprint density at radius 3 is 2.53 bits per heavy atom. The zero-order valence-electron chi connectivity index (χ0n) is 10.7. The highest BCUT2D eigenvalue weighted by atomic mass is 32.1. The molecule has 0 aliphatic heterocycles. The summed E-state index contributed by atoms with van der Waals surface area (Å²) in [6.07, 6.45) is 0. The van der Waals surface area contributed by atoms with Crippen molar-refractivity contribution in [1.29, 1.82) is 0 Å². The number of hydrogen-bond donors (Lipinski definition) is 2. The number of rotatable bonds is 6. The van der Waals surface area contributed by atoms with Crippen LogP contribution in [0, 0.1) is 5.92 Å². The van der Waals surface area contributed by atoms with E-state index >= 15 is 0 Å². The number of nitrogens with one attached hydrogen (secondary N) is 1. The van der Waals surface area contributed by atoms with Crippen LogP contribution in [0.3, 0.4) is 0 Å². The van der Waals surface area contributed by atoms with Crippen molar-refractivity contribution >= 4 is 17.3 Å². The molecule has 0 aliphatic carbocycles. The molecule has 0 fully saturated rings. The van der Waals surface area contributed by atoms with E-state index in [0.29, 0.717) is 12.5 Å². The SMILES string of the molecule is CC(C)c1nc(CNC(C(=O)O)C(C)C)cs1. The normalized spacial score (nSPS) is 13.3. The number of aliphatic carboxylic acids is 1. The van der Waals surface area contributed by atoms with Gasteiger partial charge in [0.1, 0.15) is 6.04 Å². The Morgan fingerprint density at radius 2 is 2.12 bits per heavy atom. The molecule has 1 aromatic rings. The van der Waals surface area contributed by atoms with Crippen molar-refractivity contribution in [2.45, 2.75) is 46.2 Å². The molecule has 0 saturated heterocycles. The summed E-state index contributed by atoms with van der Waals surface area (Å²) in [4.78, 5) is 15.5. The van der Waals surface area contributed by atoms with Gasteiger partial charge in [-0.1, -0.05) is 27.7 Å². The second kappa shape index (κ2) is 6.12. The van der Waals surface area contributed by atoms with Crippen molar-refractivity contribution in [3.63, 3.8) is 0 Å². The van der Waals surface area contributed by atoms with Gasteiger partial charge in [0.2, 0.25) is 0 Å². The average molecular weight is 256 g/mol. The third kappa shape index (κ3) is 4.09. The molecule has 0 aromatic carbocycles.